The molecule has 0 aliphatic heterocycles. The molecule has 8 heteroatoms. The second-order valence-electron chi connectivity index (χ2n) is 4.03. The zero-order valence-electron chi connectivity index (χ0n) is 9.84. The lowest BCUT2D eigenvalue weighted by molar-refractivity contribution is 0.610. The number of fused-ring (bicyclic) bond motifs is 1. The van der Waals surface area contributed by atoms with E-state index in [2.05, 4.69) is 15.0 Å². The van der Waals surface area contributed by atoms with Crippen LogP contribution in [0.5, 0.6) is 0 Å². The topological polar surface area (TPSA) is 75.7 Å². The highest BCUT2D eigenvalue weighted by Gasteiger charge is 2.20. The Hall–Kier alpha value is -1.99. The van der Waals surface area contributed by atoms with Crippen molar-refractivity contribution in [2.24, 2.45) is 0 Å². The summed E-state index contributed by atoms with van der Waals surface area (Å²) >= 11 is 0. The predicted octanol–water partition coefficient (Wildman–Crippen LogP) is 2.69. The zero-order chi connectivity index (χ0) is 14.3. The van der Waals surface area contributed by atoms with Crippen molar-refractivity contribution in [3.05, 3.63) is 42.7 Å². The number of aromatic nitrogens is 3. The van der Waals surface area contributed by atoms with Gasteiger partial charge in [0.15, 0.2) is 0 Å². The normalized spacial score (nSPS) is 11.9. The minimum atomic E-state index is -3.92. The molecule has 0 saturated carbocycles. The molecule has 2 heterocycles. The molecule has 5 nitrogen and oxygen atoms in total. The first-order valence-electron chi connectivity index (χ1n) is 5.49. The SMILES string of the molecule is O=S(=O)(Cl)c1c[nH]c2c(-c3cnccn3)c(F)ccc12. The fraction of sp³-hybridized carbons (Fsp3) is 0. The van der Waals surface area contributed by atoms with E-state index in [0.29, 0.717) is 16.6 Å². The van der Waals surface area contributed by atoms with E-state index in [1.165, 1.54) is 36.9 Å². The summed E-state index contributed by atoms with van der Waals surface area (Å²) in [6.07, 6.45) is 5.51. The molecule has 0 radical (unpaired) electrons. The first-order valence-corrected chi connectivity index (χ1v) is 7.80. The van der Waals surface area contributed by atoms with Gasteiger partial charge in [0.2, 0.25) is 0 Å². The predicted molar refractivity (Wildman–Crippen MR) is 72.3 cm³/mol. The largest absolute Gasteiger partial charge is 0.359 e. The molecule has 20 heavy (non-hydrogen) atoms. The second-order valence-corrected chi connectivity index (χ2v) is 6.56. The van der Waals surface area contributed by atoms with Crippen LogP contribution in [0.3, 0.4) is 0 Å². The van der Waals surface area contributed by atoms with Crippen molar-refractivity contribution in [3.8, 4) is 11.3 Å². The van der Waals surface area contributed by atoms with Gasteiger partial charge in [-0.3, -0.25) is 9.97 Å². The number of aromatic amines is 1. The molecule has 2 aromatic heterocycles. The first kappa shape index (κ1) is 13.0. The summed E-state index contributed by atoms with van der Waals surface area (Å²) in [5.74, 6) is -0.529. The van der Waals surface area contributed by atoms with Gasteiger partial charge in [-0.05, 0) is 12.1 Å². The van der Waals surface area contributed by atoms with Crippen LogP contribution in [0.25, 0.3) is 22.2 Å². The number of nitrogens with zero attached hydrogens (tertiary/aromatic N) is 2. The highest BCUT2D eigenvalue weighted by atomic mass is 35.7. The Labute approximate surface area is 117 Å². The summed E-state index contributed by atoms with van der Waals surface area (Å²) in [7, 11) is 1.43. The Balaban J connectivity index is 2.39. The van der Waals surface area contributed by atoms with Gasteiger partial charge in [0.25, 0.3) is 9.05 Å². The molecule has 0 aliphatic rings. The fourth-order valence-corrected chi connectivity index (χ4v) is 3.04. The van der Waals surface area contributed by atoms with E-state index in [1.54, 1.807) is 0 Å². The molecule has 0 atom stereocenters. The summed E-state index contributed by atoms with van der Waals surface area (Å²) in [4.78, 5) is 10.5. The summed E-state index contributed by atoms with van der Waals surface area (Å²) in [5.41, 5.74) is 0.767. The van der Waals surface area contributed by atoms with Crippen molar-refractivity contribution in [2.75, 3.05) is 0 Å². The Morgan fingerprint density at radius 3 is 2.70 bits per heavy atom. The molecule has 3 rings (SSSR count). The third kappa shape index (κ3) is 2.04. The maximum atomic E-state index is 14.0. The van der Waals surface area contributed by atoms with E-state index < -0.39 is 14.9 Å². The molecule has 0 amide bonds. The summed E-state index contributed by atoms with van der Waals surface area (Å²) < 4.78 is 37.0. The van der Waals surface area contributed by atoms with Gasteiger partial charge in [0, 0.05) is 34.7 Å². The number of rotatable bonds is 2. The molecule has 3 aromatic rings. The van der Waals surface area contributed by atoms with Crippen molar-refractivity contribution in [3.63, 3.8) is 0 Å². The summed E-state index contributed by atoms with van der Waals surface area (Å²) in [5, 5.41) is 0.307. The van der Waals surface area contributed by atoms with Crippen molar-refractivity contribution in [2.45, 2.75) is 4.90 Å². The highest BCUT2D eigenvalue weighted by molar-refractivity contribution is 8.14. The Morgan fingerprint density at radius 1 is 1.25 bits per heavy atom. The lowest BCUT2D eigenvalue weighted by Gasteiger charge is -2.04. The van der Waals surface area contributed by atoms with Crippen LogP contribution in [0.15, 0.2) is 41.8 Å². The van der Waals surface area contributed by atoms with Gasteiger partial charge in [0.05, 0.1) is 23.0 Å². The monoisotopic (exact) mass is 311 g/mol. The van der Waals surface area contributed by atoms with Crippen molar-refractivity contribution in [1.82, 2.24) is 15.0 Å². The molecule has 0 aliphatic carbocycles. The van der Waals surface area contributed by atoms with E-state index in [4.69, 9.17) is 10.7 Å². The van der Waals surface area contributed by atoms with E-state index >= 15 is 0 Å². The van der Waals surface area contributed by atoms with Crippen LogP contribution in [-0.4, -0.2) is 23.4 Å². The number of nitrogens with one attached hydrogen (secondary N) is 1. The molecule has 0 unspecified atom stereocenters. The number of benzene rings is 1. The van der Waals surface area contributed by atoms with Gasteiger partial charge in [-0.2, -0.15) is 0 Å². The van der Waals surface area contributed by atoms with Crippen LogP contribution < -0.4 is 0 Å². The minimum Gasteiger partial charge on any atom is -0.359 e. The number of hydrogen-bond donors (Lipinski definition) is 1. The second kappa shape index (κ2) is 4.53. The molecule has 0 saturated heterocycles. The van der Waals surface area contributed by atoms with Crippen molar-refractivity contribution in [1.29, 1.82) is 0 Å². The maximum Gasteiger partial charge on any atom is 0.263 e. The molecule has 0 fully saturated rings. The fourth-order valence-electron chi connectivity index (χ4n) is 2.03. The average Bonchev–Trinajstić information content (AvgIpc) is 2.83. The van der Waals surface area contributed by atoms with Gasteiger partial charge in [-0.15, -0.1) is 0 Å². The quantitative estimate of drug-likeness (QED) is 0.738. The van der Waals surface area contributed by atoms with E-state index in [0.717, 1.165) is 0 Å². The van der Waals surface area contributed by atoms with E-state index in [9.17, 15) is 12.8 Å². The summed E-state index contributed by atoms with van der Waals surface area (Å²) in [6, 6.07) is 2.53. The van der Waals surface area contributed by atoms with Gasteiger partial charge >= 0.3 is 0 Å². The van der Waals surface area contributed by atoms with Crippen LogP contribution in [0.4, 0.5) is 4.39 Å². The lowest BCUT2D eigenvalue weighted by atomic mass is 10.1. The minimum absolute atomic E-state index is 0.0979. The van der Waals surface area contributed by atoms with Crippen LogP contribution in [-0.2, 0) is 9.05 Å². The molecule has 1 N–H and O–H groups in total. The molecular weight excluding hydrogens is 305 g/mol. The zero-order valence-corrected chi connectivity index (χ0v) is 11.4. The van der Waals surface area contributed by atoms with Crippen LogP contribution >= 0.6 is 10.7 Å². The number of H-pyrrole nitrogens is 1. The standard InChI is InChI=1S/C12H7ClFN3O2S/c13-20(18,19)10-6-17-12-7(10)1-2-8(14)11(12)9-5-15-3-4-16-9/h1-6,17H. The van der Waals surface area contributed by atoms with Crippen molar-refractivity contribution < 1.29 is 12.8 Å². The van der Waals surface area contributed by atoms with Gasteiger partial charge in [0.1, 0.15) is 10.7 Å². The van der Waals surface area contributed by atoms with Crippen LogP contribution in [0, 0.1) is 5.82 Å². The Morgan fingerprint density at radius 2 is 2.05 bits per heavy atom. The third-order valence-corrected chi connectivity index (χ3v) is 4.21. The Kier molecular flexibility index (Phi) is 2.95. The average molecular weight is 312 g/mol. The van der Waals surface area contributed by atoms with E-state index in [1.807, 2.05) is 0 Å². The maximum absolute atomic E-state index is 14.0. The number of hydrogen-bond acceptors (Lipinski definition) is 4. The molecule has 0 bridgehead atoms. The highest BCUT2D eigenvalue weighted by Crippen LogP contribution is 2.33. The number of halogens is 2. The molecule has 102 valence electrons. The van der Waals surface area contributed by atoms with Gasteiger partial charge < -0.3 is 4.98 Å². The van der Waals surface area contributed by atoms with Gasteiger partial charge in [-0.1, -0.05) is 0 Å². The van der Waals surface area contributed by atoms with Crippen LogP contribution in [0.1, 0.15) is 0 Å². The lowest BCUT2D eigenvalue weighted by Crippen LogP contribution is -1.92. The smallest absolute Gasteiger partial charge is 0.263 e. The first-order chi connectivity index (χ1) is 9.48. The van der Waals surface area contributed by atoms with Gasteiger partial charge in [-0.25, -0.2) is 12.8 Å². The molecule has 1 aromatic carbocycles. The molecule has 0 spiro atoms. The van der Waals surface area contributed by atoms with Crippen molar-refractivity contribution >= 4 is 30.6 Å². The summed E-state index contributed by atoms with van der Waals surface area (Å²) in [6.45, 7) is 0. The Bertz CT molecular complexity index is 894. The van der Waals surface area contributed by atoms with E-state index in [-0.39, 0.29) is 10.5 Å². The molecular formula is C12H7ClFN3O2S. The van der Waals surface area contributed by atoms with Crippen LogP contribution in [0.2, 0.25) is 0 Å². The third-order valence-electron chi connectivity index (χ3n) is 2.85.